The van der Waals surface area contributed by atoms with Crippen molar-refractivity contribution >= 4 is 87.2 Å². The number of fused-ring (bicyclic) bond motifs is 22. The Morgan fingerprint density at radius 2 is 0.510 bits per heavy atom. The van der Waals surface area contributed by atoms with Crippen molar-refractivity contribution in [1.82, 2.24) is 38.2 Å². The molecular weight excluding hydrogens is 1250 g/mol. The van der Waals surface area contributed by atoms with Crippen LogP contribution in [0.2, 0.25) is 0 Å². The van der Waals surface area contributed by atoms with Crippen molar-refractivity contribution in [3.63, 3.8) is 0 Å². The summed E-state index contributed by atoms with van der Waals surface area (Å²) in [5.74, 6) is 1.57. The molecule has 2 atom stereocenters. The lowest BCUT2D eigenvalue weighted by Gasteiger charge is -2.34. The second-order valence-corrected chi connectivity index (χ2v) is 27.8. The van der Waals surface area contributed by atoms with E-state index >= 15 is 0 Å². The van der Waals surface area contributed by atoms with Gasteiger partial charge in [-0.1, -0.05) is 97.1 Å². The Morgan fingerprint density at radius 3 is 0.804 bits per heavy atom. The monoisotopic (exact) mass is 1320 g/mol. The summed E-state index contributed by atoms with van der Waals surface area (Å²) in [5, 5.41) is 9.57. The lowest BCUT2D eigenvalue weighted by atomic mass is 9.67. The Balaban J connectivity index is 0.856. The van der Waals surface area contributed by atoms with Crippen molar-refractivity contribution in [2.45, 2.75) is 64.7 Å². The maximum absolute atomic E-state index is 5.97. The predicted octanol–water partition coefficient (Wildman–Crippen LogP) is 21.5. The maximum atomic E-state index is 5.97. The molecule has 0 fully saturated rings. The molecular formula is C92H68N8O2. The van der Waals surface area contributed by atoms with Gasteiger partial charge in [0.25, 0.3) is 0 Å². The van der Waals surface area contributed by atoms with E-state index in [1.807, 2.05) is 0 Å². The number of nitrogens with zero attached hydrogens (tertiary/aromatic N) is 8. The molecule has 0 aliphatic heterocycles. The SMILES string of the molecule is CCn1c2ccccc2c2cc(-c3cnc4c(c3)[C@]3(c5ccc(OC)cc5)c5ccc6c(c5)c5cc(ccc5n6CC)-c5cnc6c(c5)[C@](c5ccc(OC)cc5)(c5ccc7c(c5)c5cc(ccc5n7CC)-c5cnc-4c3c5)c3cc(-c4ccc5c(c4)c4ccccc4n5CC)cnc3-6)ccc21. The molecule has 18 aromatic rings. The molecule has 0 spiro atoms. The minimum Gasteiger partial charge on any atom is -0.497 e. The van der Waals surface area contributed by atoms with Gasteiger partial charge in [-0.15, -0.1) is 0 Å². The standard InChI is InChI=1S/C92H68N8O2/c1-7-97-79-17-13-11-15-67(79)69-39-53(19-33-81(69)97)57-43-75-87(93-49-57)89-77-45-59(51-95-89)55-21-35-84-72(41-55)74-48-64(28-38-86(74)100(84)10-4)92(62-25-31-66(102-6)32-26-62)76-44-58(54-20-34-82-70(40-54)68-16-12-14-18-80(68)98(82)8-2)50-94-88(76)90-78(92)46-60(52-96-90)56-22-36-83-71(42-56)73-47-63(27-37-85(73)99(83)9-3)91(75,77)61-23-29-65(101-5)30-24-61/h11-52H,7-10H2,1-6H3/t91-,92+. The first-order chi connectivity index (χ1) is 50.2. The number of hydrogen-bond acceptors (Lipinski definition) is 6. The van der Waals surface area contributed by atoms with Crippen LogP contribution in [0.1, 0.15) is 72.2 Å². The molecule has 102 heavy (non-hydrogen) atoms. The highest BCUT2D eigenvalue weighted by atomic mass is 16.5. The average Bonchev–Trinajstić information content (AvgIpc) is 1.52. The summed E-state index contributed by atoms with van der Waals surface area (Å²) in [6, 6.07) is 87.1. The zero-order chi connectivity index (χ0) is 68.0. The van der Waals surface area contributed by atoms with Gasteiger partial charge in [0.2, 0.25) is 0 Å². The van der Waals surface area contributed by atoms with E-state index in [0.717, 1.165) is 193 Å². The zero-order valence-corrected chi connectivity index (χ0v) is 57.5. The fourth-order valence-corrected chi connectivity index (χ4v) is 18.8. The van der Waals surface area contributed by atoms with Crippen LogP contribution in [0.15, 0.2) is 255 Å². The molecule has 0 unspecified atom stereocenters. The number of hydrogen-bond donors (Lipinski definition) is 0. The van der Waals surface area contributed by atoms with Crippen LogP contribution >= 0.6 is 0 Å². The van der Waals surface area contributed by atoms with Crippen LogP contribution in [-0.2, 0) is 37.0 Å². The zero-order valence-electron chi connectivity index (χ0n) is 57.5. The Bertz CT molecular complexity index is 6260. The van der Waals surface area contributed by atoms with Gasteiger partial charge in [-0.05, 0) is 206 Å². The largest absolute Gasteiger partial charge is 0.497 e. The highest BCUT2D eigenvalue weighted by Gasteiger charge is 2.51. The highest BCUT2D eigenvalue weighted by Crippen LogP contribution is 2.60. The maximum Gasteiger partial charge on any atom is 0.118 e. The third-order valence-corrected chi connectivity index (χ3v) is 23.4. The van der Waals surface area contributed by atoms with Crippen LogP contribution < -0.4 is 9.47 Å². The van der Waals surface area contributed by atoms with E-state index in [-0.39, 0.29) is 0 Å². The molecule has 10 aromatic carbocycles. The number of para-hydroxylation sites is 2. The molecule has 3 aliphatic rings. The molecule has 10 heteroatoms. The van der Waals surface area contributed by atoms with Crippen LogP contribution in [0.5, 0.6) is 11.5 Å². The van der Waals surface area contributed by atoms with E-state index in [1.54, 1.807) is 14.2 Å². The van der Waals surface area contributed by atoms with Crippen molar-refractivity contribution < 1.29 is 9.47 Å². The highest BCUT2D eigenvalue weighted by molar-refractivity contribution is 6.14. The van der Waals surface area contributed by atoms with Crippen molar-refractivity contribution in [1.29, 1.82) is 0 Å². The third-order valence-electron chi connectivity index (χ3n) is 23.4. The van der Waals surface area contributed by atoms with Gasteiger partial charge < -0.3 is 27.7 Å². The van der Waals surface area contributed by atoms with E-state index in [0.29, 0.717) is 0 Å². The van der Waals surface area contributed by atoms with Gasteiger partial charge in [0.1, 0.15) is 11.5 Å². The number of pyridine rings is 4. The minimum atomic E-state index is -0.921. The van der Waals surface area contributed by atoms with Gasteiger partial charge in [0.15, 0.2) is 0 Å². The molecule has 8 aromatic heterocycles. The van der Waals surface area contributed by atoms with Gasteiger partial charge in [-0.25, -0.2) is 0 Å². The van der Waals surface area contributed by atoms with Crippen LogP contribution in [0.3, 0.4) is 0 Å². The molecule has 0 N–H and O–H groups in total. The van der Waals surface area contributed by atoms with E-state index in [9.17, 15) is 0 Å². The van der Waals surface area contributed by atoms with Gasteiger partial charge in [-0.2, -0.15) is 0 Å². The molecule has 0 amide bonds. The van der Waals surface area contributed by atoms with Gasteiger partial charge >= 0.3 is 0 Å². The van der Waals surface area contributed by atoms with E-state index in [2.05, 4.69) is 301 Å². The summed E-state index contributed by atoms with van der Waals surface area (Å²) in [4.78, 5) is 22.5. The van der Waals surface area contributed by atoms with Crippen molar-refractivity contribution in [3.05, 3.63) is 300 Å². The summed E-state index contributed by atoms with van der Waals surface area (Å²) in [7, 11) is 3.49. The Morgan fingerprint density at radius 1 is 0.255 bits per heavy atom. The molecule has 21 rings (SSSR count). The normalized spacial score (nSPS) is 15.6. The van der Waals surface area contributed by atoms with Crippen molar-refractivity contribution in [2.75, 3.05) is 14.2 Å². The predicted molar refractivity (Wildman–Crippen MR) is 415 cm³/mol. The summed E-state index contributed by atoms with van der Waals surface area (Å²) in [6.45, 7) is 12.3. The molecule has 10 nitrogen and oxygen atoms in total. The third kappa shape index (κ3) is 7.73. The molecule has 3 aliphatic carbocycles. The quantitative estimate of drug-likeness (QED) is 0.136. The Hall–Kier alpha value is -12.4. The first-order valence-corrected chi connectivity index (χ1v) is 35.7. The number of methoxy groups -OCH3 is 2. The lowest BCUT2D eigenvalue weighted by molar-refractivity contribution is 0.414. The molecule has 488 valence electrons. The van der Waals surface area contributed by atoms with Crippen molar-refractivity contribution in [3.8, 4) is 78.8 Å². The topological polar surface area (TPSA) is 89.7 Å². The molecule has 0 saturated carbocycles. The summed E-state index contributed by atoms with van der Waals surface area (Å²) in [6.07, 6.45) is 8.29. The Labute approximate surface area is 589 Å². The Kier molecular flexibility index (Phi) is 12.4. The number of rotatable bonds is 10. The fourth-order valence-electron chi connectivity index (χ4n) is 18.8. The van der Waals surface area contributed by atoms with Crippen LogP contribution in [-0.4, -0.2) is 52.4 Å². The van der Waals surface area contributed by atoms with Gasteiger partial charge in [0, 0.05) is 183 Å². The van der Waals surface area contributed by atoms with Gasteiger partial charge in [0.05, 0.1) is 47.8 Å². The number of benzene rings is 10. The van der Waals surface area contributed by atoms with E-state index in [4.69, 9.17) is 29.4 Å². The van der Waals surface area contributed by atoms with E-state index < -0.39 is 10.8 Å². The van der Waals surface area contributed by atoms with E-state index in [1.165, 1.54) is 43.6 Å². The first kappa shape index (κ1) is 58.6. The van der Waals surface area contributed by atoms with Crippen molar-refractivity contribution in [2.24, 2.45) is 0 Å². The van der Waals surface area contributed by atoms with Gasteiger partial charge in [-0.3, -0.25) is 19.9 Å². The number of aromatic nitrogens is 8. The summed E-state index contributed by atoms with van der Waals surface area (Å²) < 4.78 is 21.7. The fraction of sp³-hybridized carbons (Fsp3) is 0.130. The molecule has 8 heterocycles. The molecule has 0 radical (unpaired) electrons. The minimum absolute atomic E-state index is 0.779. The summed E-state index contributed by atoms with van der Waals surface area (Å²) >= 11 is 0. The first-order valence-electron chi connectivity index (χ1n) is 35.7. The average molecular weight is 1320 g/mol. The second-order valence-electron chi connectivity index (χ2n) is 27.8. The smallest absolute Gasteiger partial charge is 0.118 e. The lowest BCUT2D eigenvalue weighted by Crippen LogP contribution is -2.29. The van der Waals surface area contributed by atoms with Crippen LogP contribution in [0, 0.1) is 0 Å². The number of aryl methyl sites for hydroxylation is 4. The molecule has 0 saturated heterocycles. The second kappa shape index (κ2) is 21.6. The van der Waals surface area contributed by atoms with Crippen LogP contribution in [0.25, 0.3) is 155 Å². The number of ether oxygens (including phenoxy) is 2. The van der Waals surface area contributed by atoms with Crippen LogP contribution in [0.4, 0.5) is 0 Å². The molecule has 12 bridgehead atoms. The summed E-state index contributed by atoms with van der Waals surface area (Å²) in [5.41, 5.74) is 28.3.